The van der Waals surface area contributed by atoms with Crippen LogP contribution in [0, 0.1) is 3.57 Å². The molecular weight excluding hydrogens is 341 g/mol. The van der Waals surface area contributed by atoms with Crippen molar-refractivity contribution in [3.8, 4) is 5.75 Å². The number of amides is 2. The Bertz CT molecular complexity index is 513. The summed E-state index contributed by atoms with van der Waals surface area (Å²) in [7, 11) is 0. The molecule has 4 nitrogen and oxygen atoms in total. The number of imide groups is 1. The Hall–Kier alpha value is -1.02. The standard InChI is InChI=1S/C10H6INO3S/c11-6-3-5(1-2-7(6)13)4-8-9(14)12-10(15)16-8/h1-4,13H,(H,12,14,15)/b8-4+. The number of phenols is 1. The Morgan fingerprint density at radius 2 is 2.12 bits per heavy atom. The number of hydrogen-bond acceptors (Lipinski definition) is 4. The van der Waals surface area contributed by atoms with Gasteiger partial charge in [0.15, 0.2) is 0 Å². The van der Waals surface area contributed by atoms with Crippen molar-refractivity contribution in [3.63, 3.8) is 0 Å². The summed E-state index contributed by atoms with van der Waals surface area (Å²) < 4.78 is 0.696. The van der Waals surface area contributed by atoms with Gasteiger partial charge in [-0.2, -0.15) is 0 Å². The second-order valence-electron chi connectivity index (χ2n) is 3.06. The number of nitrogens with one attached hydrogen (secondary N) is 1. The monoisotopic (exact) mass is 347 g/mol. The molecule has 1 fully saturated rings. The predicted molar refractivity (Wildman–Crippen MR) is 69.9 cm³/mol. The van der Waals surface area contributed by atoms with Gasteiger partial charge in [0.2, 0.25) is 0 Å². The van der Waals surface area contributed by atoms with E-state index in [4.69, 9.17) is 0 Å². The van der Waals surface area contributed by atoms with Gasteiger partial charge >= 0.3 is 0 Å². The Kier molecular flexibility index (Phi) is 3.20. The molecule has 1 aromatic rings. The van der Waals surface area contributed by atoms with Crippen LogP contribution >= 0.6 is 34.4 Å². The molecule has 16 heavy (non-hydrogen) atoms. The van der Waals surface area contributed by atoms with Gasteiger partial charge in [0, 0.05) is 0 Å². The fourth-order valence-corrected chi connectivity index (χ4v) is 2.41. The van der Waals surface area contributed by atoms with Crippen molar-refractivity contribution < 1.29 is 14.7 Å². The van der Waals surface area contributed by atoms with Crippen molar-refractivity contribution in [1.29, 1.82) is 0 Å². The van der Waals surface area contributed by atoms with Crippen molar-refractivity contribution in [2.75, 3.05) is 0 Å². The largest absolute Gasteiger partial charge is 0.507 e. The molecule has 0 saturated carbocycles. The Morgan fingerprint density at radius 1 is 1.38 bits per heavy atom. The van der Waals surface area contributed by atoms with E-state index in [0.717, 1.165) is 17.3 Å². The van der Waals surface area contributed by atoms with Crippen LogP contribution in [-0.2, 0) is 4.79 Å². The molecule has 2 rings (SSSR count). The Balaban J connectivity index is 2.32. The molecule has 0 aromatic heterocycles. The summed E-state index contributed by atoms with van der Waals surface area (Å²) in [6.07, 6.45) is 1.62. The van der Waals surface area contributed by atoms with Gasteiger partial charge in [-0.25, -0.2) is 0 Å². The van der Waals surface area contributed by atoms with Crippen LogP contribution in [0.1, 0.15) is 5.56 Å². The first-order chi connectivity index (χ1) is 7.56. The van der Waals surface area contributed by atoms with E-state index in [0.29, 0.717) is 8.48 Å². The van der Waals surface area contributed by atoms with Crippen molar-refractivity contribution in [2.45, 2.75) is 0 Å². The van der Waals surface area contributed by atoms with E-state index >= 15 is 0 Å². The van der Waals surface area contributed by atoms with Crippen LogP contribution < -0.4 is 5.32 Å². The number of hydrogen-bond donors (Lipinski definition) is 2. The highest BCUT2D eigenvalue weighted by Gasteiger charge is 2.24. The number of thioether (sulfide) groups is 1. The third-order valence-electron chi connectivity index (χ3n) is 1.91. The van der Waals surface area contributed by atoms with Crippen LogP contribution in [0.5, 0.6) is 5.75 Å². The number of rotatable bonds is 1. The van der Waals surface area contributed by atoms with Gasteiger partial charge in [-0.05, 0) is 58.1 Å². The lowest BCUT2D eigenvalue weighted by atomic mass is 10.2. The minimum Gasteiger partial charge on any atom is -0.507 e. The second kappa shape index (κ2) is 4.46. The Labute approximate surface area is 109 Å². The van der Waals surface area contributed by atoms with E-state index < -0.39 is 0 Å². The average molecular weight is 347 g/mol. The predicted octanol–water partition coefficient (Wildman–Crippen LogP) is 2.32. The molecule has 0 atom stereocenters. The first-order valence-electron chi connectivity index (χ1n) is 4.29. The molecule has 82 valence electrons. The summed E-state index contributed by atoms with van der Waals surface area (Å²) in [5.74, 6) is -0.180. The highest BCUT2D eigenvalue weighted by Crippen LogP contribution is 2.27. The molecule has 0 unspecified atom stereocenters. The summed E-state index contributed by atoms with van der Waals surface area (Å²) >= 11 is 2.87. The molecule has 0 aliphatic carbocycles. The fraction of sp³-hybridized carbons (Fsp3) is 0. The quantitative estimate of drug-likeness (QED) is 0.605. The van der Waals surface area contributed by atoms with Gasteiger partial charge in [-0.3, -0.25) is 14.9 Å². The zero-order valence-corrected chi connectivity index (χ0v) is 10.8. The highest BCUT2D eigenvalue weighted by atomic mass is 127. The third-order valence-corrected chi connectivity index (χ3v) is 3.59. The summed E-state index contributed by atoms with van der Waals surface area (Å²) in [6, 6.07) is 4.97. The normalized spacial score (nSPS) is 17.9. The van der Waals surface area contributed by atoms with Crippen molar-refractivity contribution in [2.24, 2.45) is 0 Å². The van der Waals surface area contributed by atoms with E-state index in [9.17, 15) is 14.7 Å². The molecule has 1 aliphatic heterocycles. The van der Waals surface area contributed by atoms with Crippen LogP contribution in [0.3, 0.4) is 0 Å². The van der Waals surface area contributed by atoms with Gasteiger partial charge in [0.25, 0.3) is 11.1 Å². The van der Waals surface area contributed by atoms with E-state index in [1.54, 1.807) is 24.3 Å². The summed E-state index contributed by atoms with van der Waals surface area (Å²) in [6.45, 7) is 0. The molecule has 0 spiro atoms. The van der Waals surface area contributed by atoms with Gasteiger partial charge in [-0.15, -0.1) is 0 Å². The molecule has 1 heterocycles. The molecule has 1 aliphatic rings. The zero-order chi connectivity index (χ0) is 11.7. The van der Waals surface area contributed by atoms with E-state index in [1.807, 2.05) is 22.6 Å². The minimum absolute atomic E-state index is 0.197. The molecule has 0 radical (unpaired) electrons. The van der Waals surface area contributed by atoms with Crippen LogP contribution in [0.15, 0.2) is 23.1 Å². The lowest BCUT2D eigenvalue weighted by Crippen LogP contribution is -2.17. The molecule has 1 aromatic carbocycles. The molecule has 2 amide bonds. The lowest BCUT2D eigenvalue weighted by Gasteiger charge is -1.98. The van der Waals surface area contributed by atoms with E-state index in [-0.39, 0.29) is 16.9 Å². The maximum absolute atomic E-state index is 11.3. The lowest BCUT2D eigenvalue weighted by molar-refractivity contribution is -0.115. The van der Waals surface area contributed by atoms with Gasteiger partial charge < -0.3 is 5.11 Å². The zero-order valence-electron chi connectivity index (χ0n) is 7.86. The molecule has 6 heteroatoms. The van der Waals surface area contributed by atoms with Gasteiger partial charge in [0.05, 0.1) is 8.48 Å². The highest BCUT2D eigenvalue weighted by molar-refractivity contribution is 14.1. The number of phenolic OH excluding ortho intramolecular Hbond substituents is 1. The van der Waals surface area contributed by atoms with Crippen molar-refractivity contribution >= 4 is 51.6 Å². The number of halogens is 1. The number of aromatic hydroxyl groups is 1. The van der Waals surface area contributed by atoms with Crippen LogP contribution in [-0.4, -0.2) is 16.3 Å². The van der Waals surface area contributed by atoms with E-state index in [1.165, 1.54) is 0 Å². The maximum Gasteiger partial charge on any atom is 0.290 e. The third kappa shape index (κ3) is 2.38. The maximum atomic E-state index is 11.3. The fourth-order valence-electron chi connectivity index (χ4n) is 1.19. The smallest absolute Gasteiger partial charge is 0.290 e. The summed E-state index contributed by atoms with van der Waals surface area (Å²) in [5.41, 5.74) is 0.773. The number of carbonyl (C=O) groups excluding carboxylic acids is 2. The first-order valence-corrected chi connectivity index (χ1v) is 6.19. The van der Waals surface area contributed by atoms with Gasteiger partial charge in [-0.1, -0.05) is 6.07 Å². The topological polar surface area (TPSA) is 66.4 Å². The van der Waals surface area contributed by atoms with Crippen molar-refractivity contribution in [3.05, 3.63) is 32.2 Å². The van der Waals surface area contributed by atoms with Crippen LogP contribution in [0.4, 0.5) is 4.79 Å². The minimum atomic E-state index is -0.377. The molecule has 1 saturated heterocycles. The summed E-state index contributed by atoms with van der Waals surface area (Å²) in [4.78, 5) is 22.6. The van der Waals surface area contributed by atoms with E-state index in [2.05, 4.69) is 5.32 Å². The average Bonchev–Trinajstić information content (AvgIpc) is 2.51. The second-order valence-corrected chi connectivity index (χ2v) is 5.24. The van der Waals surface area contributed by atoms with Gasteiger partial charge in [0.1, 0.15) is 5.75 Å². The number of carbonyl (C=O) groups is 2. The molecule has 2 N–H and O–H groups in total. The van der Waals surface area contributed by atoms with Crippen molar-refractivity contribution in [1.82, 2.24) is 5.32 Å². The molecular formula is C10H6INO3S. The Morgan fingerprint density at radius 3 is 2.69 bits per heavy atom. The van der Waals surface area contributed by atoms with Crippen LogP contribution in [0.25, 0.3) is 6.08 Å². The molecule has 0 bridgehead atoms. The summed E-state index contributed by atoms with van der Waals surface area (Å²) in [5, 5.41) is 11.2. The SMILES string of the molecule is O=C1NC(=O)/C(=C\c2ccc(O)c(I)c2)S1. The number of benzene rings is 1. The first kappa shape index (κ1) is 11.5. The van der Waals surface area contributed by atoms with Crippen LogP contribution in [0.2, 0.25) is 0 Å².